The molecule has 2 atom stereocenters. The highest BCUT2D eigenvalue weighted by Crippen LogP contribution is 2.30. The zero-order valence-electron chi connectivity index (χ0n) is 8.75. The molecule has 1 aliphatic rings. The molecule has 1 saturated heterocycles. The van der Waals surface area contributed by atoms with Gasteiger partial charge in [-0.05, 0) is 41.3 Å². The zero-order valence-corrected chi connectivity index (χ0v) is 11.2. The molecule has 0 aliphatic carbocycles. The van der Waals surface area contributed by atoms with E-state index in [9.17, 15) is 4.79 Å². The van der Waals surface area contributed by atoms with E-state index in [1.165, 1.54) is 11.3 Å². The van der Waals surface area contributed by atoms with E-state index in [-0.39, 0.29) is 11.9 Å². The van der Waals surface area contributed by atoms with Crippen LogP contribution in [0.15, 0.2) is 10.5 Å². The van der Waals surface area contributed by atoms with Crippen molar-refractivity contribution in [3.63, 3.8) is 0 Å². The van der Waals surface area contributed by atoms with Gasteiger partial charge in [0, 0.05) is 16.0 Å². The van der Waals surface area contributed by atoms with Crippen LogP contribution in [0.2, 0.25) is 0 Å². The van der Waals surface area contributed by atoms with Crippen LogP contribution in [0.25, 0.3) is 0 Å². The molecule has 1 aliphatic heterocycles. The third kappa shape index (κ3) is 2.17. The predicted molar refractivity (Wildman–Crippen MR) is 64.6 cm³/mol. The van der Waals surface area contributed by atoms with Gasteiger partial charge in [-0.1, -0.05) is 6.92 Å². The van der Waals surface area contributed by atoms with Gasteiger partial charge in [-0.3, -0.25) is 4.79 Å². The standard InChI is InChI=1S/C11H13BrO2S/c1-6-3-4-14-11(6)10(13)9-5-8(12)7(2)15-9/h5-6,11H,3-4H2,1-2H3. The van der Waals surface area contributed by atoms with Crippen LogP contribution < -0.4 is 0 Å². The Morgan fingerprint density at radius 2 is 2.40 bits per heavy atom. The van der Waals surface area contributed by atoms with Crippen molar-refractivity contribution in [2.45, 2.75) is 26.4 Å². The van der Waals surface area contributed by atoms with Crippen molar-refractivity contribution in [3.05, 3.63) is 20.3 Å². The average molecular weight is 289 g/mol. The molecule has 0 radical (unpaired) electrons. The highest BCUT2D eigenvalue weighted by molar-refractivity contribution is 9.10. The quantitative estimate of drug-likeness (QED) is 0.780. The second-order valence-corrected chi connectivity index (χ2v) is 6.05. The molecule has 82 valence electrons. The van der Waals surface area contributed by atoms with E-state index in [0.717, 1.165) is 20.6 Å². The zero-order chi connectivity index (χ0) is 11.0. The molecule has 0 spiro atoms. The topological polar surface area (TPSA) is 26.3 Å². The first kappa shape index (κ1) is 11.3. The molecule has 2 heterocycles. The molecule has 4 heteroatoms. The number of carbonyl (C=O) groups is 1. The second kappa shape index (κ2) is 4.36. The lowest BCUT2D eigenvalue weighted by Gasteiger charge is -2.11. The van der Waals surface area contributed by atoms with Gasteiger partial charge in [-0.25, -0.2) is 0 Å². The van der Waals surface area contributed by atoms with Crippen LogP contribution in [0.5, 0.6) is 0 Å². The summed E-state index contributed by atoms with van der Waals surface area (Å²) in [5, 5.41) is 0. The van der Waals surface area contributed by atoms with Gasteiger partial charge < -0.3 is 4.74 Å². The lowest BCUT2D eigenvalue weighted by Crippen LogP contribution is -2.24. The Hall–Kier alpha value is -0.190. The summed E-state index contributed by atoms with van der Waals surface area (Å²) >= 11 is 4.96. The number of carbonyl (C=O) groups excluding carboxylic acids is 1. The van der Waals surface area contributed by atoms with Crippen LogP contribution in [-0.2, 0) is 4.74 Å². The average Bonchev–Trinajstić information content (AvgIpc) is 2.74. The molecular formula is C11H13BrO2S. The minimum absolute atomic E-state index is 0.138. The summed E-state index contributed by atoms with van der Waals surface area (Å²) < 4.78 is 6.49. The van der Waals surface area contributed by atoms with Crippen molar-refractivity contribution in [2.75, 3.05) is 6.61 Å². The minimum Gasteiger partial charge on any atom is -0.370 e. The molecular weight excluding hydrogens is 276 g/mol. The Morgan fingerprint density at radius 3 is 2.87 bits per heavy atom. The smallest absolute Gasteiger partial charge is 0.201 e. The van der Waals surface area contributed by atoms with Crippen molar-refractivity contribution < 1.29 is 9.53 Å². The SMILES string of the molecule is Cc1sc(C(=O)C2OCCC2C)cc1Br. The van der Waals surface area contributed by atoms with E-state index >= 15 is 0 Å². The summed E-state index contributed by atoms with van der Waals surface area (Å²) in [5.41, 5.74) is 0. The Labute approximate surface area is 102 Å². The van der Waals surface area contributed by atoms with E-state index in [1.54, 1.807) is 0 Å². The van der Waals surface area contributed by atoms with E-state index in [1.807, 2.05) is 13.0 Å². The summed E-state index contributed by atoms with van der Waals surface area (Å²) in [6.45, 7) is 4.79. The number of hydrogen-bond donors (Lipinski definition) is 0. The van der Waals surface area contributed by atoms with E-state index in [4.69, 9.17) is 4.74 Å². The normalized spacial score (nSPS) is 25.8. The maximum Gasteiger partial charge on any atom is 0.201 e. The van der Waals surface area contributed by atoms with Crippen LogP contribution in [0.1, 0.15) is 27.9 Å². The van der Waals surface area contributed by atoms with E-state index in [0.29, 0.717) is 12.5 Å². The Morgan fingerprint density at radius 1 is 1.67 bits per heavy atom. The first-order valence-corrected chi connectivity index (χ1v) is 6.62. The number of halogens is 1. The fourth-order valence-electron chi connectivity index (χ4n) is 1.75. The van der Waals surface area contributed by atoms with Crippen LogP contribution >= 0.6 is 27.3 Å². The number of rotatable bonds is 2. The molecule has 1 aromatic rings. The maximum absolute atomic E-state index is 12.1. The number of aryl methyl sites for hydroxylation is 1. The molecule has 0 saturated carbocycles. The number of ketones is 1. The second-order valence-electron chi connectivity index (χ2n) is 3.94. The molecule has 0 N–H and O–H groups in total. The first-order chi connectivity index (χ1) is 7.09. The fraction of sp³-hybridized carbons (Fsp3) is 0.545. The van der Waals surface area contributed by atoms with Gasteiger partial charge in [0.15, 0.2) is 0 Å². The van der Waals surface area contributed by atoms with Crippen LogP contribution in [0.4, 0.5) is 0 Å². The van der Waals surface area contributed by atoms with Crippen molar-refractivity contribution in [1.29, 1.82) is 0 Å². The predicted octanol–water partition coefficient (Wildman–Crippen LogP) is 3.43. The molecule has 1 fully saturated rings. The van der Waals surface area contributed by atoms with Crippen molar-refractivity contribution >= 4 is 33.0 Å². The summed E-state index contributed by atoms with van der Waals surface area (Å²) in [6, 6.07) is 1.90. The number of hydrogen-bond acceptors (Lipinski definition) is 3. The summed E-state index contributed by atoms with van der Waals surface area (Å²) in [5.74, 6) is 0.484. The van der Waals surface area contributed by atoms with Gasteiger partial charge >= 0.3 is 0 Å². The fourth-order valence-corrected chi connectivity index (χ4v) is 3.26. The van der Waals surface area contributed by atoms with Gasteiger partial charge in [-0.2, -0.15) is 0 Å². The Bertz CT molecular complexity index is 366. The number of ether oxygens (including phenoxy) is 1. The van der Waals surface area contributed by atoms with Crippen LogP contribution in [-0.4, -0.2) is 18.5 Å². The van der Waals surface area contributed by atoms with E-state index in [2.05, 4.69) is 22.9 Å². The summed E-state index contributed by atoms with van der Waals surface area (Å²) in [4.78, 5) is 14.0. The summed E-state index contributed by atoms with van der Waals surface area (Å²) in [7, 11) is 0. The van der Waals surface area contributed by atoms with Crippen LogP contribution in [0, 0.1) is 12.8 Å². The highest BCUT2D eigenvalue weighted by atomic mass is 79.9. The molecule has 1 aromatic heterocycles. The molecule has 2 rings (SSSR count). The molecule has 0 aromatic carbocycles. The van der Waals surface area contributed by atoms with Crippen molar-refractivity contribution in [1.82, 2.24) is 0 Å². The van der Waals surface area contributed by atoms with Crippen molar-refractivity contribution in [3.8, 4) is 0 Å². The summed E-state index contributed by atoms with van der Waals surface area (Å²) in [6.07, 6.45) is 0.761. The van der Waals surface area contributed by atoms with Gasteiger partial charge in [0.2, 0.25) is 5.78 Å². The monoisotopic (exact) mass is 288 g/mol. The Kier molecular flexibility index (Phi) is 3.28. The highest BCUT2D eigenvalue weighted by Gasteiger charge is 2.32. The van der Waals surface area contributed by atoms with Gasteiger partial charge in [0.05, 0.1) is 4.88 Å². The molecule has 0 bridgehead atoms. The van der Waals surface area contributed by atoms with Gasteiger partial charge in [0.25, 0.3) is 0 Å². The minimum atomic E-state index is -0.227. The lowest BCUT2D eigenvalue weighted by molar-refractivity contribution is 0.0583. The molecule has 2 nitrogen and oxygen atoms in total. The molecule has 15 heavy (non-hydrogen) atoms. The van der Waals surface area contributed by atoms with Gasteiger partial charge in [-0.15, -0.1) is 11.3 Å². The molecule has 2 unspecified atom stereocenters. The lowest BCUT2D eigenvalue weighted by atomic mass is 10.00. The third-order valence-corrected chi connectivity index (χ3v) is 4.90. The third-order valence-electron chi connectivity index (χ3n) is 2.75. The van der Waals surface area contributed by atoms with Crippen LogP contribution in [0.3, 0.4) is 0 Å². The molecule has 0 amide bonds. The first-order valence-electron chi connectivity index (χ1n) is 5.01. The van der Waals surface area contributed by atoms with Gasteiger partial charge in [0.1, 0.15) is 6.10 Å². The number of Topliss-reactive ketones (excluding diaryl/α,β-unsaturated/α-hetero) is 1. The van der Waals surface area contributed by atoms with Crippen molar-refractivity contribution in [2.24, 2.45) is 5.92 Å². The maximum atomic E-state index is 12.1. The van der Waals surface area contributed by atoms with E-state index < -0.39 is 0 Å². The largest absolute Gasteiger partial charge is 0.370 e. The Balaban J connectivity index is 2.20. The number of thiophene rings is 1.